The fourth-order valence-electron chi connectivity index (χ4n) is 5.48. The van der Waals surface area contributed by atoms with Gasteiger partial charge in [0.2, 0.25) is 29.5 Å². The van der Waals surface area contributed by atoms with Crippen LogP contribution in [0.1, 0.15) is 89.5 Å². The summed E-state index contributed by atoms with van der Waals surface area (Å²) in [4.78, 5) is 79.0. The Labute approximate surface area is 312 Å². The van der Waals surface area contributed by atoms with E-state index in [4.69, 9.17) is 9.47 Å². The van der Waals surface area contributed by atoms with Gasteiger partial charge in [-0.2, -0.15) is 0 Å². The van der Waals surface area contributed by atoms with Gasteiger partial charge in [0.1, 0.15) is 24.8 Å². The Morgan fingerprint density at radius 1 is 1.08 bits per heavy atom. The van der Waals surface area contributed by atoms with Crippen molar-refractivity contribution >= 4 is 41.5 Å². The minimum atomic E-state index is -1.22. The largest absolute Gasteiger partial charge is 3.00 e. The first-order valence-corrected chi connectivity index (χ1v) is 17.2. The molecule has 0 spiro atoms. The molecule has 1 radical (unpaired) electrons. The number of hydroxylamine groups is 4. The quantitative estimate of drug-likeness (QED) is 0.0876. The second kappa shape index (κ2) is 22.6. The molecule has 4 amide bonds. The molecule has 4 unspecified atom stereocenters. The zero-order chi connectivity index (χ0) is 37.3. The second-order valence-electron chi connectivity index (χ2n) is 12.5. The SMILES string of the molecule is COC(=O)CCCCCC(=O)N([O-])CCCCC(NC(=O)C1COC(c2ccccc2[O-])=N1)C(=O)OC(C)CC(=O)NC1CCCCN([O-])C1=O.[Fe+3]. The van der Waals surface area contributed by atoms with Crippen LogP contribution in [0.25, 0.3) is 0 Å². The van der Waals surface area contributed by atoms with Gasteiger partial charge in [-0.05, 0) is 58.3 Å². The number of carbonyl (C=O) groups is 6. The summed E-state index contributed by atoms with van der Waals surface area (Å²) in [5, 5.41) is 42.1. The Hall–Kier alpha value is -4.25. The number of amides is 4. The van der Waals surface area contributed by atoms with Crippen molar-refractivity contribution in [3.63, 3.8) is 0 Å². The van der Waals surface area contributed by atoms with Crippen molar-refractivity contribution in [1.82, 2.24) is 20.8 Å². The van der Waals surface area contributed by atoms with E-state index in [1.165, 1.54) is 26.2 Å². The molecule has 1 fully saturated rings. The maximum absolute atomic E-state index is 13.3. The standard InChI is InChI=1S/C34H47N5O12.Fe/c1-22(20-28(41)35-24-13-8-11-19-39(48)33(24)45)51-34(46)25(14-9-10-18-38(47)29(42)16-4-3-5-17-30(43)49-2)36-31(44)26-21-50-32(37-26)23-12-6-7-15-27(23)40;/h6-7,12,15,22,24-26,40H,3-5,8-11,13-14,16-21H2,1-2H3,(H,35,41)(H,36,44);/q-2;+3/p-1. The van der Waals surface area contributed by atoms with Crippen LogP contribution >= 0.6 is 0 Å². The number of hydrogen-bond acceptors (Lipinski definition) is 13. The minimum Gasteiger partial charge on any atom is -0.872 e. The number of esters is 2. The summed E-state index contributed by atoms with van der Waals surface area (Å²) in [6.45, 7) is 1.20. The summed E-state index contributed by atoms with van der Waals surface area (Å²) in [7, 11) is 1.29. The van der Waals surface area contributed by atoms with Gasteiger partial charge in [-0.15, -0.1) is 0 Å². The van der Waals surface area contributed by atoms with Crippen molar-refractivity contribution in [2.45, 2.75) is 108 Å². The van der Waals surface area contributed by atoms with Gasteiger partial charge in [-0.1, -0.05) is 36.4 Å². The molecule has 2 heterocycles. The van der Waals surface area contributed by atoms with Crippen molar-refractivity contribution in [3.05, 3.63) is 40.2 Å². The molecule has 0 aliphatic carbocycles. The molecular weight excluding hydrogens is 726 g/mol. The van der Waals surface area contributed by atoms with E-state index >= 15 is 0 Å². The first-order chi connectivity index (χ1) is 24.4. The molecule has 0 aromatic heterocycles. The van der Waals surface area contributed by atoms with Crippen LogP contribution in [0.15, 0.2) is 29.3 Å². The molecule has 0 saturated carbocycles. The van der Waals surface area contributed by atoms with Crippen molar-refractivity contribution < 1.29 is 65.2 Å². The summed E-state index contributed by atoms with van der Waals surface area (Å²) in [6.07, 6.45) is 2.39. The number of carbonyl (C=O) groups excluding carboxylic acids is 6. The molecule has 2 N–H and O–H groups in total. The number of aliphatic imine (C=N–C) groups is 1. The third-order valence-electron chi connectivity index (χ3n) is 8.33. The average molecular weight is 773 g/mol. The molecule has 1 aromatic rings. The predicted octanol–water partition coefficient (Wildman–Crippen LogP) is 1.33. The molecular formula is C34H46FeN5O12. The summed E-state index contributed by atoms with van der Waals surface area (Å²) in [5.41, 5.74) is 0.183. The number of nitrogens with one attached hydrogen (secondary N) is 2. The molecule has 18 heteroatoms. The number of hydrogen-bond donors (Lipinski definition) is 2. The molecule has 3 rings (SSSR count). The van der Waals surface area contributed by atoms with E-state index in [1.54, 1.807) is 12.1 Å². The summed E-state index contributed by atoms with van der Waals surface area (Å²) in [6, 6.07) is 2.76. The first-order valence-electron chi connectivity index (χ1n) is 17.2. The Kier molecular flexibility index (Phi) is 19.1. The van der Waals surface area contributed by atoms with Crippen LogP contribution in [0.4, 0.5) is 0 Å². The van der Waals surface area contributed by atoms with Crippen LogP contribution in [0.3, 0.4) is 0 Å². The number of rotatable bonds is 19. The molecule has 52 heavy (non-hydrogen) atoms. The van der Waals surface area contributed by atoms with Crippen LogP contribution in [0, 0.1) is 10.4 Å². The number of methoxy groups -OCH3 is 1. The number of para-hydroxylation sites is 1. The van der Waals surface area contributed by atoms with Gasteiger partial charge in [0.15, 0.2) is 6.04 Å². The predicted molar refractivity (Wildman–Crippen MR) is 179 cm³/mol. The Balaban J connectivity index is 0.00000936. The molecule has 4 atom stereocenters. The Morgan fingerprint density at radius 2 is 1.81 bits per heavy atom. The second-order valence-corrected chi connectivity index (χ2v) is 12.5. The topological polar surface area (TPSA) is 242 Å². The van der Waals surface area contributed by atoms with Crippen LogP contribution in [-0.4, -0.2) is 103 Å². The van der Waals surface area contributed by atoms with Gasteiger partial charge in [-0.25, -0.2) is 9.79 Å². The summed E-state index contributed by atoms with van der Waals surface area (Å²) >= 11 is 0. The zero-order valence-electron chi connectivity index (χ0n) is 29.3. The van der Waals surface area contributed by atoms with E-state index in [1.807, 2.05) is 0 Å². The zero-order valence-corrected chi connectivity index (χ0v) is 30.4. The van der Waals surface area contributed by atoms with Gasteiger partial charge in [-0.3, -0.25) is 24.0 Å². The van der Waals surface area contributed by atoms with Crippen molar-refractivity contribution in [2.24, 2.45) is 4.99 Å². The van der Waals surface area contributed by atoms with E-state index in [-0.39, 0.29) is 98.5 Å². The number of nitrogens with zero attached hydrogens (tertiary/aromatic N) is 3. The fraction of sp³-hybridized carbons (Fsp3) is 0.618. The van der Waals surface area contributed by atoms with Gasteiger partial charge < -0.3 is 50.5 Å². The molecule has 2 aliphatic heterocycles. The van der Waals surface area contributed by atoms with Crippen LogP contribution in [-0.2, 0) is 60.0 Å². The van der Waals surface area contributed by atoms with Crippen molar-refractivity contribution in [2.75, 3.05) is 26.8 Å². The van der Waals surface area contributed by atoms with E-state index in [0.717, 1.165) is 0 Å². The molecule has 1 saturated heterocycles. The number of unbranched alkanes of at least 4 members (excludes halogenated alkanes) is 3. The van der Waals surface area contributed by atoms with Crippen LogP contribution in [0.5, 0.6) is 5.75 Å². The summed E-state index contributed by atoms with van der Waals surface area (Å²) in [5.74, 6) is -4.17. The first kappa shape index (κ1) is 43.9. The van der Waals surface area contributed by atoms with Gasteiger partial charge in [0, 0.05) is 31.5 Å². The van der Waals surface area contributed by atoms with E-state index in [2.05, 4.69) is 20.4 Å². The fourth-order valence-corrected chi connectivity index (χ4v) is 5.48. The third-order valence-corrected chi connectivity index (χ3v) is 8.33. The molecule has 1 aromatic carbocycles. The third kappa shape index (κ3) is 14.4. The van der Waals surface area contributed by atoms with Gasteiger partial charge in [0.25, 0.3) is 0 Å². The average Bonchev–Trinajstić information content (AvgIpc) is 3.54. The Morgan fingerprint density at radius 3 is 2.54 bits per heavy atom. The van der Waals surface area contributed by atoms with Crippen LogP contribution < -0.4 is 15.7 Å². The molecule has 2 aliphatic rings. The molecule has 17 nitrogen and oxygen atoms in total. The van der Waals surface area contributed by atoms with E-state index < -0.39 is 53.8 Å². The van der Waals surface area contributed by atoms with Gasteiger partial charge in [0.05, 0.1) is 13.5 Å². The van der Waals surface area contributed by atoms with Crippen LogP contribution in [0.2, 0.25) is 0 Å². The van der Waals surface area contributed by atoms with E-state index in [9.17, 15) is 44.3 Å². The smallest absolute Gasteiger partial charge is 0.872 e. The van der Waals surface area contributed by atoms with E-state index in [0.29, 0.717) is 48.7 Å². The normalized spacial score (nSPS) is 18.0. The molecule has 287 valence electrons. The number of benzene rings is 1. The maximum atomic E-state index is 13.3. The minimum absolute atomic E-state index is 0. The maximum Gasteiger partial charge on any atom is 3.00 e. The summed E-state index contributed by atoms with van der Waals surface area (Å²) < 4.78 is 15.5. The van der Waals surface area contributed by atoms with Crippen molar-refractivity contribution in [1.29, 1.82) is 0 Å². The number of ether oxygens (including phenoxy) is 3. The molecule has 0 bridgehead atoms. The Bertz CT molecular complexity index is 1410. The van der Waals surface area contributed by atoms with Gasteiger partial charge >= 0.3 is 29.0 Å². The monoisotopic (exact) mass is 772 g/mol. The van der Waals surface area contributed by atoms with Crippen molar-refractivity contribution in [3.8, 4) is 5.75 Å².